The van der Waals surface area contributed by atoms with Crippen LogP contribution >= 0.6 is 0 Å². The molecule has 0 N–H and O–H groups in total. The molecule has 0 saturated carbocycles. The van der Waals surface area contributed by atoms with E-state index in [9.17, 15) is 18.0 Å². The molecule has 3 rings (SSSR count). The highest BCUT2D eigenvalue weighted by atomic mass is 19.4. The lowest BCUT2D eigenvalue weighted by molar-refractivity contribution is -0.138. The van der Waals surface area contributed by atoms with E-state index in [1.54, 1.807) is 12.1 Å². The highest BCUT2D eigenvalue weighted by Gasteiger charge is 2.35. The second kappa shape index (κ2) is 8.94. The van der Waals surface area contributed by atoms with Gasteiger partial charge in [0.1, 0.15) is 0 Å². The fourth-order valence-electron chi connectivity index (χ4n) is 2.75. The molecule has 0 amide bonds. The first-order valence-electron chi connectivity index (χ1n) is 8.74. The number of alkyl halides is 3. The van der Waals surface area contributed by atoms with E-state index in [1.807, 2.05) is 0 Å². The number of halogens is 3. The van der Waals surface area contributed by atoms with Crippen LogP contribution < -0.4 is 14.2 Å². The maximum atomic E-state index is 13.1. The van der Waals surface area contributed by atoms with Gasteiger partial charge < -0.3 is 23.4 Å². The van der Waals surface area contributed by atoms with Crippen LogP contribution in [-0.4, -0.2) is 37.5 Å². The summed E-state index contributed by atoms with van der Waals surface area (Å²) >= 11 is 0. The lowest BCUT2D eigenvalue weighted by atomic mass is 10.1. The van der Waals surface area contributed by atoms with Gasteiger partial charge in [0, 0.05) is 5.56 Å². The first-order valence-corrected chi connectivity index (χ1v) is 8.74. The molecule has 0 fully saturated rings. The van der Waals surface area contributed by atoms with Crippen molar-refractivity contribution >= 4 is 5.97 Å². The van der Waals surface area contributed by atoms with E-state index in [4.69, 9.17) is 23.4 Å². The van der Waals surface area contributed by atoms with Gasteiger partial charge in [-0.3, -0.25) is 0 Å². The third-order valence-electron chi connectivity index (χ3n) is 4.16. The van der Waals surface area contributed by atoms with Crippen LogP contribution in [-0.2, 0) is 17.5 Å². The van der Waals surface area contributed by atoms with E-state index in [0.29, 0.717) is 22.8 Å². The van der Waals surface area contributed by atoms with E-state index < -0.39 is 29.9 Å². The summed E-state index contributed by atoms with van der Waals surface area (Å²) in [5, 5.41) is 7.61. The standard InChI is InChI=1S/C20H17F3N2O6/c1-27-14-8-11(9-15(28-2)17(14)29-3)18-25-24-16(31-18)10-30-19(26)12-6-4-5-7-13(12)20(21,22)23/h4-9H,10H2,1-3H3. The summed E-state index contributed by atoms with van der Waals surface area (Å²) in [5.74, 6) is -0.146. The van der Waals surface area contributed by atoms with Crippen molar-refractivity contribution in [2.24, 2.45) is 0 Å². The Labute approximate surface area is 174 Å². The van der Waals surface area contributed by atoms with Crippen LogP contribution in [0, 0.1) is 0 Å². The van der Waals surface area contributed by atoms with E-state index in [-0.39, 0.29) is 11.8 Å². The largest absolute Gasteiger partial charge is 0.493 e. The first-order chi connectivity index (χ1) is 14.8. The molecule has 0 spiro atoms. The van der Waals surface area contributed by atoms with Crippen molar-refractivity contribution in [1.82, 2.24) is 10.2 Å². The van der Waals surface area contributed by atoms with Crippen molar-refractivity contribution in [2.75, 3.05) is 21.3 Å². The zero-order chi connectivity index (χ0) is 22.6. The van der Waals surface area contributed by atoms with Crippen LogP contribution in [0.2, 0.25) is 0 Å². The number of methoxy groups -OCH3 is 3. The lowest BCUT2D eigenvalue weighted by Crippen LogP contribution is -2.15. The molecule has 0 radical (unpaired) electrons. The molecule has 0 aliphatic carbocycles. The smallest absolute Gasteiger partial charge is 0.417 e. The molecule has 31 heavy (non-hydrogen) atoms. The number of carbonyl (C=O) groups is 1. The van der Waals surface area contributed by atoms with Crippen molar-refractivity contribution in [2.45, 2.75) is 12.8 Å². The molecule has 2 aromatic carbocycles. The molecular formula is C20H17F3N2O6. The SMILES string of the molecule is COc1cc(-c2nnc(COC(=O)c3ccccc3C(F)(F)F)o2)cc(OC)c1OC. The summed E-state index contributed by atoms with van der Waals surface area (Å²) in [4.78, 5) is 12.1. The molecule has 3 aromatic rings. The number of rotatable bonds is 7. The monoisotopic (exact) mass is 438 g/mol. The molecular weight excluding hydrogens is 421 g/mol. The van der Waals surface area contributed by atoms with Crippen molar-refractivity contribution in [3.8, 4) is 28.7 Å². The zero-order valence-electron chi connectivity index (χ0n) is 16.6. The highest BCUT2D eigenvalue weighted by molar-refractivity contribution is 5.91. The Balaban J connectivity index is 1.78. The summed E-state index contributed by atoms with van der Waals surface area (Å²) in [6.07, 6.45) is -4.69. The van der Waals surface area contributed by atoms with Gasteiger partial charge in [-0.1, -0.05) is 12.1 Å². The minimum atomic E-state index is -4.69. The average Bonchev–Trinajstić information content (AvgIpc) is 3.24. The van der Waals surface area contributed by atoms with Crippen LogP contribution in [0.3, 0.4) is 0 Å². The van der Waals surface area contributed by atoms with Crippen LogP contribution in [0.4, 0.5) is 13.2 Å². The maximum Gasteiger partial charge on any atom is 0.417 e. The fraction of sp³-hybridized carbons (Fsp3) is 0.250. The van der Waals surface area contributed by atoms with E-state index >= 15 is 0 Å². The van der Waals surface area contributed by atoms with Gasteiger partial charge in [0.25, 0.3) is 5.89 Å². The molecule has 0 aliphatic heterocycles. The molecule has 0 aliphatic rings. The van der Waals surface area contributed by atoms with Crippen LogP contribution in [0.15, 0.2) is 40.8 Å². The predicted octanol–water partition coefficient (Wildman–Crippen LogP) is 4.14. The van der Waals surface area contributed by atoms with Gasteiger partial charge in [-0.25, -0.2) is 4.79 Å². The minimum Gasteiger partial charge on any atom is -0.493 e. The first kappa shape index (κ1) is 21.9. The predicted molar refractivity (Wildman–Crippen MR) is 100.0 cm³/mol. The number of nitrogens with zero attached hydrogens (tertiary/aromatic N) is 2. The zero-order valence-corrected chi connectivity index (χ0v) is 16.6. The normalized spacial score (nSPS) is 11.2. The van der Waals surface area contributed by atoms with E-state index in [1.165, 1.54) is 33.5 Å². The summed E-state index contributed by atoms with van der Waals surface area (Å²) in [5.41, 5.74) is -1.27. The molecule has 0 unspecified atom stereocenters. The number of hydrogen-bond donors (Lipinski definition) is 0. The highest BCUT2D eigenvalue weighted by Crippen LogP contribution is 2.41. The Bertz CT molecular complexity index is 1060. The van der Waals surface area contributed by atoms with Gasteiger partial charge in [-0.05, 0) is 24.3 Å². The van der Waals surface area contributed by atoms with Gasteiger partial charge in [0.2, 0.25) is 11.6 Å². The van der Waals surface area contributed by atoms with Gasteiger partial charge in [0.05, 0.1) is 32.5 Å². The van der Waals surface area contributed by atoms with E-state index in [0.717, 1.165) is 12.1 Å². The summed E-state index contributed by atoms with van der Waals surface area (Å²) in [7, 11) is 4.34. The fourth-order valence-corrected chi connectivity index (χ4v) is 2.75. The molecule has 11 heteroatoms. The molecule has 8 nitrogen and oxygen atoms in total. The number of benzene rings is 2. The Hall–Kier alpha value is -3.76. The Morgan fingerprint density at radius 3 is 2.23 bits per heavy atom. The average molecular weight is 438 g/mol. The van der Waals surface area contributed by atoms with Crippen molar-refractivity contribution in [3.05, 3.63) is 53.4 Å². The third kappa shape index (κ3) is 4.71. The van der Waals surface area contributed by atoms with E-state index in [2.05, 4.69) is 10.2 Å². The van der Waals surface area contributed by atoms with Gasteiger partial charge in [-0.15, -0.1) is 10.2 Å². The third-order valence-corrected chi connectivity index (χ3v) is 4.16. The van der Waals surface area contributed by atoms with Gasteiger partial charge in [0.15, 0.2) is 18.1 Å². The molecule has 0 atom stereocenters. The van der Waals surface area contributed by atoms with Crippen LogP contribution in [0.5, 0.6) is 17.2 Å². The number of carbonyl (C=O) groups excluding carboxylic acids is 1. The molecule has 0 saturated heterocycles. The molecule has 1 aromatic heterocycles. The quantitative estimate of drug-likeness (QED) is 0.509. The molecule has 0 bridgehead atoms. The van der Waals surface area contributed by atoms with Crippen molar-refractivity contribution in [3.63, 3.8) is 0 Å². The lowest BCUT2D eigenvalue weighted by Gasteiger charge is -2.12. The topological polar surface area (TPSA) is 92.9 Å². The Morgan fingerprint density at radius 1 is 1.00 bits per heavy atom. The molecule has 1 heterocycles. The van der Waals surface area contributed by atoms with Crippen LogP contribution in [0.1, 0.15) is 21.8 Å². The summed E-state index contributed by atoms with van der Waals surface area (Å²) < 4.78 is 65.3. The summed E-state index contributed by atoms with van der Waals surface area (Å²) in [6, 6.07) is 7.46. The maximum absolute atomic E-state index is 13.1. The number of hydrogen-bond acceptors (Lipinski definition) is 8. The second-order valence-corrected chi connectivity index (χ2v) is 6.03. The van der Waals surface area contributed by atoms with Crippen LogP contribution in [0.25, 0.3) is 11.5 Å². The van der Waals surface area contributed by atoms with Gasteiger partial charge in [-0.2, -0.15) is 13.2 Å². The number of esters is 1. The molecule has 164 valence electrons. The minimum absolute atomic E-state index is 0.0565. The van der Waals surface area contributed by atoms with Crippen molar-refractivity contribution in [1.29, 1.82) is 0 Å². The number of aromatic nitrogens is 2. The summed E-state index contributed by atoms with van der Waals surface area (Å²) in [6.45, 7) is -0.511. The Kier molecular flexibility index (Phi) is 6.33. The van der Waals surface area contributed by atoms with Gasteiger partial charge >= 0.3 is 12.1 Å². The second-order valence-electron chi connectivity index (χ2n) is 6.03. The Morgan fingerprint density at radius 2 is 1.65 bits per heavy atom. The van der Waals surface area contributed by atoms with Crippen molar-refractivity contribution < 1.29 is 41.3 Å². The number of ether oxygens (including phenoxy) is 4.